The van der Waals surface area contributed by atoms with Crippen LogP contribution in [0.15, 0.2) is 60.8 Å². The van der Waals surface area contributed by atoms with Gasteiger partial charge in [0.05, 0.1) is 0 Å². The van der Waals surface area contributed by atoms with Gasteiger partial charge in [-0.25, -0.2) is 4.79 Å². The normalized spacial score (nSPS) is 13.4. The third-order valence-electron chi connectivity index (χ3n) is 7.85. The summed E-state index contributed by atoms with van der Waals surface area (Å²) in [5, 5.41) is 11.9. The van der Waals surface area contributed by atoms with Crippen LogP contribution < -0.4 is 11.1 Å². The maximum absolute atomic E-state index is 12.6. The van der Waals surface area contributed by atoms with Gasteiger partial charge >= 0.3 is 11.9 Å². The molecule has 268 valence electrons. The largest absolute Gasteiger partial charge is 0.480 e. The Hall–Kier alpha value is -2.93. The summed E-state index contributed by atoms with van der Waals surface area (Å²) in [6.45, 7) is 4.76. The average molecular weight is 657 g/mol. The van der Waals surface area contributed by atoms with Crippen LogP contribution in [-0.4, -0.2) is 41.6 Å². The number of rotatable bonds is 32. The molecule has 0 heterocycles. The van der Waals surface area contributed by atoms with E-state index in [1.807, 2.05) is 0 Å². The number of allylic oxidation sites excluding steroid dienone is 10. The quantitative estimate of drug-likeness (QED) is 0.0377. The molecular formula is C40H68N2O5. The summed E-state index contributed by atoms with van der Waals surface area (Å²) in [5.74, 6) is -1.34. The highest BCUT2D eigenvalue weighted by Gasteiger charge is 2.19. The van der Waals surface area contributed by atoms with Gasteiger partial charge in [-0.15, -0.1) is 0 Å². The number of hydrogen-bond donors (Lipinski definition) is 3. The van der Waals surface area contributed by atoms with Gasteiger partial charge in [-0.3, -0.25) is 9.59 Å². The van der Waals surface area contributed by atoms with Gasteiger partial charge in [0.2, 0.25) is 5.91 Å². The van der Waals surface area contributed by atoms with E-state index in [-0.39, 0.29) is 18.0 Å². The van der Waals surface area contributed by atoms with E-state index >= 15 is 0 Å². The minimum absolute atomic E-state index is 0.0417. The molecule has 4 N–H and O–H groups in total. The van der Waals surface area contributed by atoms with Crippen molar-refractivity contribution in [2.75, 3.05) is 6.54 Å². The molecule has 0 aromatic rings. The van der Waals surface area contributed by atoms with E-state index in [2.05, 4.69) is 79.9 Å². The molecule has 1 amide bonds. The number of aliphatic carboxylic acids is 1. The Morgan fingerprint density at radius 3 is 1.70 bits per heavy atom. The van der Waals surface area contributed by atoms with Crippen molar-refractivity contribution in [3.63, 3.8) is 0 Å². The third kappa shape index (κ3) is 31.4. The number of carbonyl (C=O) groups is 3. The van der Waals surface area contributed by atoms with E-state index in [0.29, 0.717) is 38.6 Å². The highest BCUT2D eigenvalue weighted by molar-refractivity contribution is 5.83. The van der Waals surface area contributed by atoms with Crippen molar-refractivity contribution in [2.24, 2.45) is 5.73 Å². The topological polar surface area (TPSA) is 119 Å². The Morgan fingerprint density at radius 2 is 1.17 bits per heavy atom. The molecule has 0 saturated heterocycles. The monoisotopic (exact) mass is 657 g/mol. The Bertz CT molecular complexity index is 922. The van der Waals surface area contributed by atoms with Crippen molar-refractivity contribution >= 4 is 17.8 Å². The van der Waals surface area contributed by atoms with Crippen molar-refractivity contribution in [3.05, 3.63) is 60.8 Å². The second-order valence-electron chi connectivity index (χ2n) is 12.3. The Labute approximate surface area is 287 Å². The minimum Gasteiger partial charge on any atom is -0.480 e. The fourth-order valence-electron chi connectivity index (χ4n) is 5.07. The number of hydrogen-bond acceptors (Lipinski definition) is 5. The number of nitrogens with two attached hydrogens (primary N) is 1. The van der Waals surface area contributed by atoms with Gasteiger partial charge in [0.15, 0.2) is 0 Å². The lowest BCUT2D eigenvalue weighted by Crippen LogP contribution is -2.40. The first-order chi connectivity index (χ1) is 22.9. The Balaban J connectivity index is 4.25. The summed E-state index contributed by atoms with van der Waals surface area (Å²) in [6, 6.07) is -0.870. The van der Waals surface area contributed by atoms with E-state index in [1.165, 1.54) is 25.7 Å². The minimum atomic E-state index is -1.02. The van der Waals surface area contributed by atoms with E-state index in [4.69, 9.17) is 10.5 Å². The number of esters is 1. The molecule has 0 aromatic heterocycles. The molecule has 7 nitrogen and oxygen atoms in total. The Morgan fingerprint density at radius 1 is 0.638 bits per heavy atom. The molecule has 2 atom stereocenters. The van der Waals surface area contributed by atoms with Crippen LogP contribution in [0, 0.1) is 0 Å². The van der Waals surface area contributed by atoms with E-state index in [1.54, 1.807) is 0 Å². The standard InChI is InChI=1S/C40H68N2O5/c1-3-5-7-9-10-11-12-13-14-15-16-17-18-19-20-22-28-34-39(44)47-36(30-25-21-8-6-4-2)31-26-23-24-27-33-38(43)42-37(40(45)46)32-29-35-41/h5,7,10-11,13-14,16-17,19-20,36-37H,3-4,6,8-9,12,15,18,21-35,41H2,1-2H3,(H,42,43)(H,45,46)/b7-5-,11-10-,14-13-,17-16-,20-19-. The molecule has 0 fully saturated rings. The van der Waals surface area contributed by atoms with Crippen LogP contribution in [-0.2, 0) is 19.1 Å². The molecule has 0 bridgehead atoms. The lowest BCUT2D eigenvalue weighted by atomic mass is 10.0. The van der Waals surface area contributed by atoms with Gasteiger partial charge in [-0.2, -0.15) is 0 Å². The lowest BCUT2D eigenvalue weighted by Gasteiger charge is -2.18. The molecule has 47 heavy (non-hydrogen) atoms. The average Bonchev–Trinajstić information content (AvgIpc) is 3.05. The van der Waals surface area contributed by atoms with Crippen molar-refractivity contribution < 1.29 is 24.2 Å². The smallest absolute Gasteiger partial charge is 0.326 e. The molecule has 0 aromatic carbocycles. The summed E-state index contributed by atoms with van der Waals surface area (Å²) in [5.41, 5.74) is 5.46. The Kier molecular flexibility index (Phi) is 32.3. The SMILES string of the molecule is CC/C=C\C/C=C\C/C=C\C/C=C\C/C=C\CCCC(=O)OC(CCCCCCC)CCCCCCC(=O)NC(CCCN)C(=O)O. The van der Waals surface area contributed by atoms with Crippen LogP contribution >= 0.6 is 0 Å². The van der Waals surface area contributed by atoms with Crippen LogP contribution in [0.3, 0.4) is 0 Å². The van der Waals surface area contributed by atoms with E-state index in [9.17, 15) is 19.5 Å². The van der Waals surface area contributed by atoms with Crippen LogP contribution in [0.25, 0.3) is 0 Å². The van der Waals surface area contributed by atoms with Gasteiger partial charge < -0.3 is 20.9 Å². The summed E-state index contributed by atoms with van der Waals surface area (Å²) < 4.78 is 5.91. The molecule has 7 heteroatoms. The van der Waals surface area contributed by atoms with Crippen molar-refractivity contribution in [3.8, 4) is 0 Å². The van der Waals surface area contributed by atoms with Crippen molar-refractivity contribution in [1.82, 2.24) is 5.32 Å². The molecule has 0 aliphatic carbocycles. The zero-order valence-electron chi connectivity index (χ0n) is 29.8. The predicted molar refractivity (Wildman–Crippen MR) is 197 cm³/mol. The molecule has 2 unspecified atom stereocenters. The second-order valence-corrected chi connectivity index (χ2v) is 12.3. The van der Waals surface area contributed by atoms with Crippen LogP contribution in [0.1, 0.15) is 155 Å². The first kappa shape index (κ1) is 44.1. The van der Waals surface area contributed by atoms with Gasteiger partial charge in [0, 0.05) is 12.8 Å². The molecule has 0 radical (unpaired) electrons. The van der Waals surface area contributed by atoms with Crippen LogP contribution in [0.4, 0.5) is 0 Å². The number of nitrogens with one attached hydrogen (secondary N) is 1. The zero-order chi connectivity index (χ0) is 34.6. The molecular weight excluding hydrogens is 588 g/mol. The van der Waals surface area contributed by atoms with Crippen LogP contribution in [0.2, 0.25) is 0 Å². The summed E-state index contributed by atoms with van der Waals surface area (Å²) in [4.78, 5) is 36.1. The number of amides is 1. The predicted octanol–water partition coefficient (Wildman–Crippen LogP) is 9.83. The molecule has 0 rings (SSSR count). The maximum atomic E-state index is 12.6. The van der Waals surface area contributed by atoms with Crippen LogP contribution in [0.5, 0.6) is 0 Å². The van der Waals surface area contributed by atoms with Crippen molar-refractivity contribution in [1.29, 1.82) is 0 Å². The highest BCUT2D eigenvalue weighted by Crippen LogP contribution is 2.17. The van der Waals surface area contributed by atoms with Gasteiger partial charge in [-0.05, 0) is 96.4 Å². The van der Waals surface area contributed by atoms with E-state index < -0.39 is 12.0 Å². The van der Waals surface area contributed by atoms with Gasteiger partial charge in [0.25, 0.3) is 0 Å². The van der Waals surface area contributed by atoms with Crippen molar-refractivity contribution in [2.45, 2.75) is 167 Å². The number of unbranched alkanes of at least 4 members (excludes halogenated alkanes) is 8. The number of ether oxygens (including phenoxy) is 1. The summed E-state index contributed by atoms with van der Waals surface area (Å²) in [7, 11) is 0. The summed E-state index contributed by atoms with van der Waals surface area (Å²) >= 11 is 0. The van der Waals surface area contributed by atoms with Gasteiger partial charge in [0.1, 0.15) is 12.1 Å². The second kappa shape index (κ2) is 34.4. The fraction of sp³-hybridized carbons (Fsp3) is 0.675. The zero-order valence-corrected chi connectivity index (χ0v) is 29.8. The first-order valence-electron chi connectivity index (χ1n) is 18.6. The first-order valence-corrected chi connectivity index (χ1v) is 18.6. The van der Waals surface area contributed by atoms with Gasteiger partial charge in [-0.1, -0.05) is 113 Å². The number of carbonyl (C=O) groups excluding carboxylic acids is 2. The van der Waals surface area contributed by atoms with E-state index in [0.717, 1.165) is 83.5 Å². The fourth-order valence-corrected chi connectivity index (χ4v) is 5.07. The lowest BCUT2D eigenvalue weighted by molar-refractivity contribution is -0.150. The highest BCUT2D eigenvalue weighted by atomic mass is 16.5. The maximum Gasteiger partial charge on any atom is 0.326 e. The number of carboxylic acids is 1. The molecule has 0 aliphatic rings. The third-order valence-corrected chi connectivity index (χ3v) is 7.85. The molecule has 0 saturated carbocycles. The summed E-state index contributed by atoms with van der Waals surface area (Å²) in [6.07, 6.45) is 41.3. The molecule has 0 aliphatic heterocycles. The number of carboxylic acid groups (broad SMARTS) is 1. The molecule has 0 spiro atoms.